The van der Waals surface area contributed by atoms with Crippen LogP contribution >= 0.6 is 0 Å². The fourth-order valence-corrected chi connectivity index (χ4v) is 2.42. The fourth-order valence-electron chi connectivity index (χ4n) is 2.42. The minimum atomic E-state index is -0.316. The number of nitrogens with one attached hydrogen (secondary N) is 1. The quantitative estimate of drug-likeness (QED) is 0.589. The molecule has 0 unspecified atom stereocenters. The van der Waals surface area contributed by atoms with E-state index in [2.05, 4.69) is 25.8 Å². The molecule has 8 heteroatoms. The van der Waals surface area contributed by atoms with Gasteiger partial charge in [0.05, 0.1) is 5.69 Å². The summed E-state index contributed by atoms with van der Waals surface area (Å²) in [6.07, 6.45) is 3.08. The molecule has 4 rings (SSSR count). The number of para-hydroxylation sites is 1. The maximum Gasteiger partial charge on any atom is 0.261 e. The summed E-state index contributed by atoms with van der Waals surface area (Å²) in [6, 6.07) is 19.7. The number of nitrogens with zero attached hydrogens (tertiary/aromatic N) is 5. The molecule has 8 nitrogen and oxygen atoms in total. The number of pyridine rings is 1. The number of anilines is 1. The van der Waals surface area contributed by atoms with Gasteiger partial charge in [0.25, 0.3) is 5.91 Å². The van der Waals surface area contributed by atoms with E-state index >= 15 is 0 Å². The maximum absolute atomic E-state index is 12.7. The summed E-state index contributed by atoms with van der Waals surface area (Å²) in [5, 5.41) is 13.8. The third kappa shape index (κ3) is 3.79. The van der Waals surface area contributed by atoms with Crippen molar-refractivity contribution in [3.63, 3.8) is 0 Å². The van der Waals surface area contributed by atoms with Gasteiger partial charge in [0.15, 0.2) is 0 Å². The van der Waals surface area contributed by atoms with Crippen LogP contribution in [-0.4, -0.2) is 31.1 Å². The van der Waals surface area contributed by atoms with E-state index in [0.717, 1.165) is 5.69 Å². The molecule has 0 saturated carbocycles. The van der Waals surface area contributed by atoms with Gasteiger partial charge in [-0.25, -0.2) is 9.67 Å². The largest absolute Gasteiger partial charge is 0.438 e. The van der Waals surface area contributed by atoms with Crippen LogP contribution in [0.25, 0.3) is 5.69 Å². The van der Waals surface area contributed by atoms with Gasteiger partial charge in [0.2, 0.25) is 5.88 Å². The Hall–Kier alpha value is -4.07. The number of carbonyl (C=O) groups excluding carboxylic acids is 1. The Morgan fingerprint density at radius 3 is 2.52 bits per heavy atom. The highest BCUT2D eigenvalue weighted by Crippen LogP contribution is 2.23. The average Bonchev–Trinajstić information content (AvgIpc) is 3.25. The van der Waals surface area contributed by atoms with Gasteiger partial charge in [-0.15, -0.1) is 5.10 Å². The number of aromatic nitrogens is 5. The molecule has 2 heterocycles. The van der Waals surface area contributed by atoms with Crippen LogP contribution in [-0.2, 0) is 0 Å². The van der Waals surface area contributed by atoms with E-state index in [-0.39, 0.29) is 11.8 Å². The highest BCUT2D eigenvalue weighted by atomic mass is 16.5. The van der Waals surface area contributed by atoms with Gasteiger partial charge in [-0.05, 0) is 59.0 Å². The molecule has 0 aliphatic carbocycles. The lowest BCUT2D eigenvalue weighted by atomic mass is 10.2. The van der Waals surface area contributed by atoms with Crippen LogP contribution in [0.1, 0.15) is 10.4 Å². The zero-order valence-corrected chi connectivity index (χ0v) is 14.1. The summed E-state index contributed by atoms with van der Waals surface area (Å²) < 4.78 is 7.27. The lowest BCUT2D eigenvalue weighted by molar-refractivity contribution is 0.102. The first kappa shape index (κ1) is 16.4. The van der Waals surface area contributed by atoms with E-state index in [1.165, 1.54) is 11.0 Å². The highest BCUT2D eigenvalue weighted by Gasteiger charge is 2.14. The molecule has 1 N–H and O–H groups in total. The third-order valence-electron chi connectivity index (χ3n) is 3.71. The van der Waals surface area contributed by atoms with Crippen molar-refractivity contribution in [2.24, 2.45) is 0 Å². The molecule has 1 amide bonds. The molecule has 0 spiro atoms. The van der Waals surface area contributed by atoms with Crippen LogP contribution < -0.4 is 10.1 Å². The zero-order chi connectivity index (χ0) is 18.5. The van der Waals surface area contributed by atoms with E-state index in [1.54, 1.807) is 54.7 Å². The van der Waals surface area contributed by atoms with Gasteiger partial charge >= 0.3 is 0 Å². The Labute approximate surface area is 154 Å². The first-order valence-corrected chi connectivity index (χ1v) is 8.12. The average molecular weight is 358 g/mol. The SMILES string of the molecule is O=C(Nc1ccc(-n2cnnn2)cc1)c1cccnc1Oc1ccccc1. The molecule has 0 bridgehead atoms. The van der Waals surface area contributed by atoms with E-state index in [0.29, 0.717) is 17.0 Å². The number of ether oxygens (including phenoxy) is 1. The molecule has 0 fully saturated rings. The van der Waals surface area contributed by atoms with E-state index in [4.69, 9.17) is 4.74 Å². The monoisotopic (exact) mass is 358 g/mol. The van der Waals surface area contributed by atoms with E-state index in [9.17, 15) is 4.79 Å². The van der Waals surface area contributed by atoms with Gasteiger partial charge in [-0.2, -0.15) is 0 Å². The van der Waals surface area contributed by atoms with Crippen molar-refractivity contribution in [1.82, 2.24) is 25.2 Å². The second kappa shape index (κ2) is 7.44. The molecule has 0 atom stereocenters. The molecule has 132 valence electrons. The predicted molar refractivity (Wildman–Crippen MR) is 97.9 cm³/mol. The van der Waals surface area contributed by atoms with Crippen molar-refractivity contribution in [3.8, 4) is 17.3 Å². The molecular formula is C19H14N6O2. The second-order valence-corrected chi connectivity index (χ2v) is 5.53. The van der Waals surface area contributed by atoms with Crippen molar-refractivity contribution in [2.45, 2.75) is 0 Å². The second-order valence-electron chi connectivity index (χ2n) is 5.53. The van der Waals surface area contributed by atoms with Gasteiger partial charge in [0.1, 0.15) is 17.6 Å². The summed E-state index contributed by atoms with van der Waals surface area (Å²) >= 11 is 0. The fraction of sp³-hybridized carbons (Fsp3) is 0. The molecule has 2 aromatic heterocycles. The number of rotatable bonds is 5. The molecule has 0 aliphatic rings. The molecule has 0 aliphatic heterocycles. The van der Waals surface area contributed by atoms with Crippen LogP contribution in [0, 0.1) is 0 Å². The van der Waals surface area contributed by atoms with Crippen molar-refractivity contribution in [3.05, 3.63) is 84.8 Å². The number of hydrogen-bond donors (Lipinski definition) is 1. The van der Waals surface area contributed by atoms with Crippen LogP contribution in [0.5, 0.6) is 11.6 Å². The summed E-state index contributed by atoms with van der Waals surface area (Å²) in [7, 11) is 0. The van der Waals surface area contributed by atoms with Crippen LogP contribution in [0.4, 0.5) is 5.69 Å². The predicted octanol–water partition coefficient (Wildman–Crippen LogP) is 3.10. The van der Waals surface area contributed by atoms with Gasteiger partial charge < -0.3 is 10.1 Å². The van der Waals surface area contributed by atoms with E-state index in [1.807, 2.05) is 18.2 Å². The van der Waals surface area contributed by atoms with Crippen molar-refractivity contribution >= 4 is 11.6 Å². The molecular weight excluding hydrogens is 344 g/mol. The zero-order valence-electron chi connectivity index (χ0n) is 14.1. The summed E-state index contributed by atoms with van der Waals surface area (Å²) in [5.74, 6) is 0.534. The molecule has 27 heavy (non-hydrogen) atoms. The van der Waals surface area contributed by atoms with Crippen molar-refractivity contribution in [2.75, 3.05) is 5.32 Å². The normalized spacial score (nSPS) is 10.4. The van der Waals surface area contributed by atoms with Crippen LogP contribution in [0.3, 0.4) is 0 Å². The number of amides is 1. The topological polar surface area (TPSA) is 94.8 Å². The Morgan fingerprint density at radius 2 is 1.78 bits per heavy atom. The molecule has 2 aromatic carbocycles. The summed E-state index contributed by atoms with van der Waals surface area (Å²) in [6.45, 7) is 0. The summed E-state index contributed by atoms with van der Waals surface area (Å²) in [5.41, 5.74) is 1.75. The lowest BCUT2D eigenvalue weighted by Crippen LogP contribution is -2.13. The third-order valence-corrected chi connectivity index (χ3v) is 3.71. The number of carbonyl (C=O) groups is 1. The number of benzene rings is 2. The molecule has 0 radical (unpaired) electrons. The van der Waals surface area contributed by atoms with Crippen molar-refractivity contribution in [1.29, 1.82) is 0 Å². The number of tetrazole rings is 1. The molecule has 0 saturated heterocycles. The van der Waals surface area contributed by atoms with Gasteiger partial charge in [-0.1, -0.05) is 18.2 Å². The standard InChI is InChI=1S/C19H14N6O2/c26-18(22-14-8-10-15(11-9-14)25-13-21-23-24-25)17-7-4-12-20-19(17)27-16-5-2-1-3-6-16/h1-13H,(H,22,26). The lowest BCUT2D eigenvalue weighted by Gasteiger charge is -2.10. The van der Waals surface area contributed by atoms with Gasteiger partial charge in [-0.3, -0.25) is 4.79 Å². The Morgan fingerprint density at radius 1 is 0.963 bits per heavy atom. The minimum Gasteiger partial charge on any atom is -0.438 e. The first-order chi connectivity index (χ1) is 13.3. The molecule has 4 aromatic rings. The Bertz CT molecular complexity index is 1030. The Balaban J connectivity index is 1.52. The van der Waals surface area contributed by atoms with Crippen molar-refractivity contribution < 1.29 is 9.53 Å². The highest BCUT2D eigenvalue weighted by molar-refractivity contribution is 6.05. The summed E-state index contributed by atoms with van der Waals surface area (Å²) in [4.78, 5) is 16.8. The Kier molecular flexibility index (Phi) is 4.52. The van der Waals surface area contributed by atoms with Crippen LogP contribution in [0.15, 0.2) is 79.3 Å². The first-order valence-electron chi connectivity index (χ1n) is 8.12. The number of hydrogen-bond acceptors (Lipinski definition) is 6. The van der Waals surface area contributed by atoms with E-state index < -0.39 is 0 Å². The van der Waals surface area contributed by atoms with Crippen LogP contribution in [0.2, 0.25) is 0 Å². The maximum atomic E-state index is 12.7. The smallest absolute Gasteiger partial charge is 0.261 e. The van der Waals surface area contributed by atoms with Gasteiger partial charge in [0, 0.05) is 11.9 Å². The minimum absolute atomic E-state index is 0.242.